The van der Waals surface area contributed by atoms with Crippen molar-refractivity contribution in [2.45, 2.75) is 25.2 Å². The molecule has 0 spiro atoms. The van der Waals surface area contributed by atoms with Crippen molar-refractivity contribution in [3.05, 3.63) is 77.6 Å². The number of hydrogen-bond acceptors (Lipinski definition) is 6. The maximum Gasteiger partial charge on any atom is 0.340 e. The van der Waals surface area contributed by atoms with Gasteiger partial charge in [0.2, 0.25) is 10.0 Å². The van der Waals surface area contributed by atoms with Crippen molar-refractivity contribution in [2.24, 2.45) is 5.73 Å². The molecule has 1 aliphatic rings. The fourth-order valence-electron chi connectivity index (χ4n) is 4.51. The summed E-state index contributed by atoms with van der Waals surface area (Å²) in [4.78, 5) is 12.4. The third-order valence-corrected chi connectivity index (χ3v) is 7.65. The summed E-state index contributed by atoms with van der Waals surface area (Å²) in [6.45, 7) is 0.553. The number of furan rings is 1. The number of benzene rings is 3. The lowest BCUT2D eigenvalue weighted by molar-refractivity contribution is 0.0699. The molecule has 1 saturated carbocycles. The summed E-state index contributed by atoms with van der Waals surface area (Å²) in [7, 11) is -3.61. The minimum Gasteiger partial charge on any atom is -0.478 e. The van der Waals surface area contributed by atoms with Crippen LogP contribution in [0, 0.1) is 5.82 Å². The van der Waals surface area contributed by atoms with E-state index in [2.05, 4.69) is 0 Å². The van der Waals surface area contributed by atoms with Crippen LogP contribution in [0.1, 0.15) is 41.1 Å². The lowest BCUT2D eigenvalue weighted by atomic mass is 10.0. The van der Waals surface area contributed by atoms with Crippen LogP contribution in [0.2, 0.25) is 0 Å². The van der Waals surface area contributed by atoms with Gasteiger partial charge in [-0.05, 0) is 91.9 Å². The highest BCUT2D eigenvalue weighted by Crippen LogP contribution is 2.48. The summed E-state index contributed by atoms with van der Waals surface area (Å²) >= 11 is 0. The molecule has 3 N–H and O–H groups in total. The Morgan fingerprint density at radius 3 is 2.29 bits per heavy atom. The number of anilines is 1. The number of ether oxygens (including phenoxy) is 1. The van der Waals surface area contributed by atoms with E-state index >= 15 is 0 Å². The summed E-state index contributed by atoms with van der Waals surface area (Å²) < 4.78 is 51.7. The number of carboxylic acids is 1. The second-order valence-electron chi connectivity index (χ2n) is 9.35. The number of rotatable bonds is 10. The summed E-state index contributed by atoms with van der Waals surface area (Å²) in [5, 5.41) is 10.5. The van der Waals surface area contributed by atoms with E-state index in [4.69, 9.17) is 14.9 Å². The average molecular weight is 539 g/mol. The van der Waals surface area contributed by atoms with Crippen LogP contribution in [0.4, 0.5) is 10.1 Å². The van der Waals surface area contributed by atoms with Crippen LogP contribution in [-0.2, 0) is 10.0 Å². The van der Waals surface area contributed by atoms with Gasteiger partial charge in [-0.15, -0.1) is 0 Å². The van der Waals surface area contributed by atoms with Crippen molar-refractivity contribution in [2.75, 3.05) is 23.7 Å². The van der Waals surface area contributed by atoms with Crippen molar-refractivity contribution in [1.29, 1.82) is 0 Å². The Labute approximate surface area is 219 Å². The topological polar surface area (TPSA) is 123 Å². The summed E-state index contributed by atoms with van der Waals surface area (Å²) in [6, 6.07) is 15.7. The molecule has 0 aliphatic heterocycles. The lowest BCUT2D eigenvalue weighted by Gasteiger charge is -2.25. The molecule has 3 aromatic carbocycles. The Kier molecular flexibility index (Phi) is 6.85. The van der Waals surface area contributed by atoms with Crippen LogP contribution < -0.4 is 14.8 Å². The first-order chi connectivity index (χ1) is 18.2. The molecule has 0 atom stereocenters. The van der Waals surface area contributed by atoms with Crippen LogP contribution in [0.25, 0.3) is 22.3 Å². The number of carboxylic acid groups (broad SMARTS) is 1. The number of fused-ring (bicyclic) bond motifs is 1. The smallest absolute Gasteiger partial charge is 0.340 e. The van der Waals surface area contributed by atoms with Gasteiger partial charge in [0.1, 0.15) is 34.2 Å². The molecule has 0 amide bonds. The van der Waals surface area contributed by atoms with E-state index < -0.39 is 16.0 Å². The van der Waals surface area contributed by atoms with Crippen LogP contribution in [0.15, 0.2) is 65.1 Å². The van der Waals surface area contributed by atoms with E-state index in [1.807, 2.05) is 0 Å². The largest absolute Gasteiger partial charge is 0.478 e. The van der Waals surface area contributed by atoms with Crippen molar-refractivity contribution in [1.82, 2.24) is 0 Å². The molecule has 10 heteroatoms. The van der Waals surface area contributed by atoms with E-state index in [1.54, 1.807) is 36.4 Å². The quantitative estimate of drug-likeness (QED) is 0.265. The predicted octanol–water partition coefficient (Wildman–Crippen LogP) is 5.72. The van der Waals surface area contributed by atoms with Crippen LogP contribution in [-0.4, -0.2) is 38.8 Å². The molecule has 1 heterocycles. The van der Waals surface area contributed by atoms with Gasteiger partial charge in [0, 0.05) is 23.6 Å². The normalized spacial score (nSPS) is 13.6. The van der Waals surface area contributed by atoms with Crippen molar-refractivity contribution >= 4 is 32.6 Å². The number of hydrogen-bond donors (Lipinski definition) is 2. The molecule has 1 fully saturated rings. The molecule has 5 rings (SSSR count). The molecule has 1 aliphatic carbocycles. The first-order valence-electron chi connectivity index (χ1n) is 12.2. The standard InChI is InChI=1S/C28H27FN2O6S/c1-38(34,35)31(14-2-13-30)24-16-25-23(15-22(24)17-3-4-17)26(28(32)33)27(37-25)18-5-9-20(10-6-18)36-21-11-7-19(29)8-12-21/h5-12,15-17H,2-4,13-14,30H2,1H3,(H,32,33). The zero-order valence-electron chi connectivity index (χ0n) is 20.7. The Bertz CT molecular complexity index is 1590. The number of nitrogens with two attached hydrogens (primary N) is 1. The zero-order chi connectivity index (χ0) is 27.0. The molecule has 198 valence electrons. The average Bonchev–Trinajstić information content (AvgIpc) is 3.65. The molecular formula is C28H27FN2O6S. The molecule has 0 bridgehead atoms. The van der Waals surface area contributed by atoms with Crippen molar-refractivity contribution in [3.8, 4) is 22.8 Å². The fraction of sp³-hybridized carbons (Fsp3) is 0.250. The predicted molar refractivity (Wildman–Crippen MR) is 143 cm³/mol. The molecular weight excluding hydrogens is 511 g/mol. The second kappa shape index (κ2) is 10.1. The molecule has 8 nitrogen and oxygen atoms in total. The SMILES string of the molecule is CS(=O)(=O)N(CCCN)c1cc2oc(-c3ccc(Oc4ccc(F)cc4)cc3)c(C(=O)O)c2cc1C1CC1. The Hall–Kier alpha value is -3.89. The highest BCUT2D eigenvalue weighted by molar-refractivity contribution is 7.92. The second-order valence-corrected chi connectivity index (χ2v) is 11.3. The van der Waals surface area contributed by atoms with Gasteiger partial charge in [-0.25, -0.2) is 17.6 Å². The monoisotopic (exact) mass is 538 g/mol. The maximum absolute atomic E-state index is 13.2. The third kappa shape index (κ3) is 5.23. The first kappa shape index (κ1) is 25.7. The van der Waals surface area contributed by atoms with Crippen LogP contribution >= 0.6 is 0 Å². The minimum atomic E-state index is -3.61. The van der Waals surface area contributed by atoms with Gasteiger partial charge in [0.05, 0.1) is 11.9 Å². The van der Waals surface area contributed by atoms with E-state index in [0.29, 0.717) is 41.1 Å². The molecule has 38 heavy (non-hydrogen) atoms. The van der Waals surface area contributed by atoms with Crippen molar-refractivity contribution in [3.63, 3.8) is 0 Å². The highest BCUT2D eigenvalue weighted by Gasteiger charge is 2.33. The third-order valence-electron chi connectivity index (χ3n) is 6.47. The summed E-state index contributed by atoms with van der Waals surface area (Å²) in [5.74, 6) is -0.268. The molecule has 0 unspecified atom stereocenters. The molecule has 4 aromatic rings. The Morgan fingerprint density at radius 1 is 1.11 bits per heavy atom. The van der Waals surface area contributed by atoms with Gasteiger partial charge < -0.3 is 20.0 Å². The summed E-state index contributed by atoms with van der Waals surface area (Å²) in [5.41, 5.74) is 7.74. The molecule has 0 saturated heterocycles. The van der Waals surface area contributed by atoms with E-state index in [1.165, 1.54) is 28.6 Å². The van der Waals surface area contributed by atoms with Gasteiger partial charge >= 0.3 is 5.97 Å². The minimum absolute atomic E-state index is 0.00789. The maximum atomic E-state index is 13.2. The van der Waals surface area contributed by atoms with Gasteiger partial charge in [0.15, 0.2) is 0 Å². The Morgan fingerprint density at radius 2 is 1.74 bits per heavy atom. The number of aromatic carboxylic acids is 1. The number of sulfonamides is 1. The van der Waals surface area contributed by atoms with E-state index in [0.717, 1.165) is 24.7 Å². The van der Waals surface area contributed by atoms with Crippen molar-refractivity contribution < 1.29 is 31.9 Å². The lowest BCUT2D eigenvalue weighted by Crippen LogP contribution is -2.32. The van der Waals surface area contributed by atoms with Crippen LogP contribution in [0.3, 0.4) is 0 Å². The Balaban J connectivity index is 1.58. The first-order valence-corrected chi connectivity index (χ1v) is 14.1. The fourth-order valence-corrected chi connectivity index (χ4v) is 5.49. The summed E-state index contributed by atoms with van der Waals surface area (Å²) in [6.07, 6.45) is 3.42. The van der Waals surface area contributed by atoms with Crippen LogP contribution in [0.5, 0.6) is 11.5 Å². The molecule has 0 radical (unpaired) electrons. The van der Waals surface area contributed by atoms with Gasteiger partial charge in [0.25, 0.3) is 0 Å². The number of halogens is 1. The molecule has 1 aromatic heterocycles. The van der Waals surface area contributed by atoms with Gasteiger partial charge in [-0.2, -0.15) is 0 Å². The van der Waals surface area contributed by atoms with Gasteiger partial charge in [-0.3, -0.25) is 4.31 Å². The van der Waals surface area contributed by atoms with E-state index in [-0.39, 0.29) is 35.2 Å². The van der Waals surface area contributed by atoms with Gasteiger partial charge in [-0.1, -0.05) is 0 Å². The zero-order valence-corrected chi connectivity index (χ0v) is 21.5. The number of carbonyl (C=O) groups is 1. The number of nitrogens with zero attached hydrogens (tertiary/aromatic N) is 1. The highest BCUT2D eigenvalue weighted by atomic mass is 32.2. The van der Waals surface area contributed by atoms with E-state index in [9.17, 15) is 22.7 Å².